The monoisotopic (exact) mass is 441 g/mol. The number of piperidine rings is 1. The summed E-state index contributed by atoms with van der Waals surface area (Å²) in [6.07, 6.45) is 5.32. The molecule has 4 rings (SSSR count). The van der Waals surface area contributed by atoms with Crippen molar-refractivity contribution in [3.63, 3.8) is 0 Å². The molecule has 0 spiro atoms. The quantitative estimate of drug-likeness (QED) is 0.465. The number of aliphatic hydroxyl groups excluding tert-OH is 1. The molecule has 9 nitrogen and oxygen atoms in total. The Bertz CT molecular complexity index is 918. The minimum absolute atomic E-state index is 0.116. The number of hydrogen-bond acceptors (Lipinski definition) is 6. The summed E-state index contributed by atoms with van der Waals surface area (Å²) in [4.78, 5) is 52.3. The molecular weight excluding hydrogens is 414 g/mol. The van der Waals surface area contributed by atoms with E-state index in [-0.39, 0.29) is 24.3 Å². The second kappa shape index (κ2) is 9.52. The fourth-order valence-electron chi connectivity index (χ4n) is 4.57. The van der Waals surface area contributed by atoms with Gasteiger partial charge in [0.1, 0.15) is 18.1 Å². The smallest absolute Gasteiger partial charge is 0.310 e. The summed E-state index contributed by atoms with van der Waals surface area (Å²) >= 11 is 0. The van der Waals surface area contributed by atoms with Crippen molar-refractivity contribution in [3.05, 3.63) is 48.0 Å². The van der Waals surface area contributed by atoms with Gasteiger partial charge in [-0.05, 0) is 44.2 Å². The van der Waals surface area contributed by atoms with Gasteiger partial charge in [-0.2, -0.15) is 0 Å². The van der Waals surface area contributed by atoms with Crippen molar-refractivity contribution in [2.75, 3.05) is 0 Å². The highest BCUT2D eigenvalue weighted by Gasteiger charge is 2.43. The first kappa shape index (κ1) is 22.0. The van der Waals surface area contributed by atoms with Gasteiger partial charge >= 0.3 is 5.97 Å². The zero-order valence-electron chi connectivity index (χ0n) is 17.6. The number of fused-ring (bicyclic) bond motifs is 1. The Balaban J connectivity index is 1.52. The van der Waals surface area contributed by atoms with E-state index in [0.29, 0.717) is 24.8 Å². The van der Waals surface area contributed by atoms with Gasteiger partial charge in [0.15, 0.2) is 0 Å². The standard InChI is InChI=1S/C23H27N3O6/c27-19-13-17(23(31)32-19)25-21(29)18-12-6-10-15-9-4-5-11-16(22(30)26(15)18)24-20(28)14-7-2-1-3-8-14/h1-5,7-8,15-18,23,31H,6,9-13H2,(H,24,28)(H,25,29)/t15-,16-,17?,18-,23?/m0/s1. The summed E-state index contributed by atoms with van der Waals surface area (Å²) in [5, 5.41) is 15.3. The van der Waals surface area contributed by atoms with Crippen molar-refractivity contribution in [3.8, 4) is 0 Å². The number of rotatable bonds is 4. The first-order valence-electron chi connectivity index (χ1n) is 10.9. The number of esters is 1. The molecule has 1 aromatic rings. The maximum absolute atomic E-state index is 13.5. The van der Waals surface area contributed by atoms with E-state index in [1.165, 1.54) is 0 Å². The first-order valence-corrected chi connectivity index (χ1v) is 10.9. The number of ether oxygens (including phenoxy) is 1. The molecule has 3 N–H and O–H groups in total. The lowest BCUT2D eigenvalue weighted by atomic mass is 9.90. The molecule has 3 aliphatic heterocycles. The highest BCUT2D eigenvalue weighted by molar-refractivity contribution is 5.98. The van der Waals surface area contributed by atoms with Crippen molar-refractivity contribution >= 4 is 23.7 Å². The van der Waals surface area contributed by atoms with Gasteiger partial charge < -0.3 is 25.4 Å². The molecule has 0 aromatic heterocycles. The van der Waals surface area contributed by atoms with Gasteiger partial charge in [-0.3, -0.25) is 19.2 Å². The Morgan fingerprint density at radius 3 is 2.50 bits per heavy atom. The largest absolute Gasteiger partial charge is 0.434 e. The van der Waals surface area contributed by atoms with Gasteiger partial charge in [-0.15, -0.1) is 0 Å². The lowest BCUT2D eigenvalue weighted by Gasteiger charge is -2.43. The number of benzene rings is 1. The van der Waals surface area contributed by atoms with Crippen molar-refractivity contribution < 1.29 is 29.0 Å². The lowest BCUT2D eigenvalue weighted by molar-refractivity contribution is -0.156. The van der Waals surface area contributed by atoms with Gasteiger partial charge in [0.2, 0.25) is 18.1 Å². The zero-order valence-corrected chi connectivity index (χ0v) is 17.6. The number of hydrogen-bond donors (Lipinski definition) is 3. The van der Waals surface area contributed by atoms with E-state index in [1.54, 1.807) is 29.2 Å². The third-order valence-electron chi connectivity index (χ3n) is 6.20. The van der Waals surface area contributed by atoms with Crippen LogP contribution < -0.4 is 10.6 Å². The van der Waals surface area contributed by atoms with Crippen LogP contribution >= 0.6 is 0 Å². The maximum Gasteiger partial charge on any atom is 0.310 e. The van der Waals surface area contributed by atoms with Crippen LogP contribution in [0.15, 0.2) is 42.5 Å². The molecule has 3 amide bonds. The normalized spacial score (nSPS) is 30.0. The molecule has 3 aliphatic rings. The minimum Gasteiger partial charge on any atom is -0.434 e. The van der Waals surface area contributed by atoms with Crippen LogP contribution in [0.3, 0.4) is 0 Å². The van der Waals surface area contributed by atoms with Crippen LogP contribution in [-0.2, 0) is 19.1 Å². The van der Waals surface area contributed by atoms with Gasteiger partial charge in [0.25, 0.3) is 5.91 Å². The summed E-state index contributed by atoms with van der Waals surface area (Å²) in [5.41, 5.74) is 0.454. The molecule has 1 aromatic carbocycles. The van der Waals surface area contributed by atoms with E-state index in [9.17, 15) is 24.3 Å². The number of amides is 3. The Kier molecular flexibility index (Phi) is 6.55. The molecular formula is C23H27N3O6. The van der Waals surface area contributed by atoms with Crippen LogP contribution in [0.4, 0.5) is 0 Å². The Morgan fingerprint density at radius 1 is 1.03 bits per heavy atom. The molecule has 170 valence electrons. The fraction of sp³-hybridized carbons (Fsp3) is 0.478. The molecule has 0 radical (unpaired) electrons. The van der Waals surface area contributed by atoms with Crippen LogP contribution in [0.5, 0.6) is 0 Å². The Morgan fingerprint density at radius 2 is 1.78 bits per heavy atom. The van der Waals surface area contributed by atoms with E-state index in [2.05, 4.69) is 10.6 Å². The number of aliphatic hydroxyl groups is 1. The molecule has 0 aliphatic carbocycles. The van der Waals surface area contributed by atoms with Crippen LogP contribution in [0.25, 0.3) is 0 Å². The van der Waals surface area contributed by atoms with Gasteiger partial charge in [-0.1, -0.05) is 30.4 Å². The van der Waals surface area contributed by atoms with Gasteiger partial charge in [0.05, 0.1) is 6.42 Å². The second-order valence-corrected chi connectivity index (χ2v) is 8.38. The summed E-state index contributed by atoms with van der Waals surface area (Å²) in [7, 11) is 0. The summed E-state index contributed by atoms with van der Waals surface area (Å²) in [5.74, 6) is -1.66. The van der Waals surface area contributed by atoms with E-state index in [4.69, 9.17) is 4.74 Å². The van der Waals surface area contributed by atoms with E-state index in [0.717, 1.165) is 12.8 Å². The Hall–Kier alpha value is -3.20. The number of carbonyl (C=O) groups excluding carboxylic acids is 4. The van der Waals surface area contributed by atoms with Crippen molar-refractivity contribution in [2.24, 2.45) is 0 Å². The summed E-state index contributed by atoms with van der Waals surface area (Å²) in [6, 6.07) is 6.12. The number of cyclic esters (lactones) is 1. The first-order chi connectivity index (χ1) is 15.4. The van der Waals surface area contributed by atoms with Gasteiger partial charge in [-0.25, -0.2) is 0 Å². The molecule has 2 fully saturated rings. The minimum atomic E-state index is -1.39. The molecule has 3 heterocycles. The molecule has 5 atom stereocenters. The SMILES string of the molecule is O=C1CC(NC(=O)[C@@H]2CCC[C@@H]3CC=CC[C@H](NC(=O)c4ccccc4)C(=O)N32)C(O)O1. The number of nitrogens with one attached hydrogen (secondary N) is 2. The summed E-state index contributed by atoms with van der Waals surface area (Å²) in [6.45, 7) is 0. The zero-order chi connectivity index (χ0) is 22.7. The average Bonchev–Trinajstić information content (AvgIpc) is 3.10. The van der Waals surface area contributed by atoms with E-state index >= 15 is 0 Å². The van der Waals surface area contributed by atoms with E-state index < -0.39 is 36.3 Å². The van der Waals surface area contributed by atoms with Crippen molar-refractivity contribution in [1.82, 2.24) is 15.5 Å². The third-order valence-corrected chi connectivity index (χ3v) is 6.20. The summed E-state index contributed by atoms with van der Waals surface area (Å²) < 4.78 is 4.69. The Labute approximate surface area is 185 Å². The topological polar surface area (TPSA) is 125 Å². The highest BCUT2D eigenvalue weighted by atomic mass is 16.6. The van der Waals surface area contributed by atoms with Gasteiger partial charge in [0, 0.05) is 11.6 Å². The van der Waals surface area contributed by atoms with Crippen LogP contribution in [-0.4, -0.2) is 64.2 Å². The average molecular weight is 441 g/mol. The molecule has 2 saturated heterocycles. The third kappa shape index (κ3) is 4.67. The second-order valence-electron chi connectivity index (χ2n) is 8.38. The van der Waals surface area contributed by atoms with Crippen LogP contribution in [0.1, 0.15) is 48.9 Å². The highest BCUT2D eigenvalue weighted by Crippen LogP contribution is 2.29. The lowest BCUT2D eigenvalue weighted by Crippen LogP contribution is -2.62. The predicted octanol–water partition coefficient (Wildman–Crippen LogP) is 0.635. The van der Waals surface area contributed by atoms with Crippen molar-refractivity contribution in [1.29, 1.82) is 0 Å². The molecule has 32 heavy (non-hydrogen) atoms. The van der Waals surface area contributed by atoms with Crippen molar-refractivity contribution in [2.45, 2.75) is 69.0 Å². The van der Waals surface area contributed by atoms with E-state index in [1.807, 2.05) is 18.2 Å². The molecule has 9 heteroatoms. The predicted molar refractivity (Wildman–Crippen MR) is 113 cm³/mol. The number of carbonyl (C=O) groups is 4. The van der Waals surface area contributed by atoms with Crippen LogP contribution in [0, 0.1) is 0 Å². The molecule has 0 bridgehead atoms. The molecule has 2 unspecified atom stereocenters. The fourth-order valence-corrected chi connectivity index (χ4v) is 4.57. The maximum atomic E-state index is 13.5. The molecule has 0 saturated carbocycles. The number of nitrogens with zero attached hydrogens (tertiary/aromatic N) is 1. The van der Waals surface area contributed by atoms with Crippen LogP contribution in [0.2, 0.25) is 0 Å².